The van der Waals surface area contributed by atoms with Gasteiger partial charge in [0.25, 0.3) is 5.90 Å². The van der Waals surface area contributed by atoms with E-state index >= 15 is 0 Å². The molecule has 1 aliphatic heterocycles. The number of ether oxygens (including phenoxy) is 1. The second-order valence-corrected chi connectivity index (χ2v) is 4.07. The fourth-order valence-electron chi connectivity index (χ4n) is 1.72. The Morgan fingerprint density at radius 1 is 1.39 bits per heavy atom. The Morgan fingerprint density at radius 2 is 2.22 bits per heavy atom. The first-order valence-electron chi connectivity index (χ1n) is 6.00. The van der Waals surface area contributed by atoms with Crippen molar-refractivity contribution in [1.82, 2.24) is 5.32 Å². The van der Waals surface area contributed by atoms with Crippen LogP contribution in [-0.2, 0) is 20.9 Å². The van der Waals surface area contributed by atoms with Crippen molar-refractivity contribution in [1.29, 1.82) is 0 Å². The van der Waals surface area contributed by atoms with Gasteiger partial charge in [0.15, 0.2) is 6.73 Å². The van der Waals surface area contributed by atoms with Gasteiger partial charge in [-0.15, -0.1) is 0 Å². The van der Waals surface area contributed by atoms with Gasteiger partial charge in [0, 0.05) is 6.04 Å². The molecule has 1 N–H and O–H groups in total. The predicted molar refractivity (Wildman–Crippen MR) is 68.3 cm³/mol. The first-order valence-corrected chi connectivity index (χ1v) is 6.00. The standard InChI is InChI=1S/C13H18N2O3/c1-14-12(7-11-5-3-2-4-6-11)8-16-9-13-15-10-17-18-13/h2-6,12,14H,7-10H2,1H3/t12-/m1/s1. The number of hydrogen-bond acceptors (Lipinski definition) is 5. The molecule has 5 heteroatoms. The monoisotopic (exact) mass is 250 g/mol. The topological polar surface area (TPSA) is 52.1 Å². The fraction of sp³-hybridized carbons (Fsp3) is 0.462. The Balaban J connectivity index is 1.72. The van der Waals surface area contributed by atoms with Crippen molar-refractivity contribution in [2.75, 3.05) is 27.0 Å². The SMILES string of the molecule is CN[C@@H](COCC1=NCOO1)Cc1ccccc1. The van der Waals surface area contributed by atoms with E-state index in [9.17, 15) is 0 Å². The molecule has 0 radical (unpaired) electrons. The lowest BCUT2D eigenvalue weighted by Crippen LogP contribution is -2.33. The summed E-state index contributed by atoms with van der Waals surface area (Å²) in [6.45, 7) is 1.22. The van der Waals surface area contributed by atoms with E-state index in [-0.39, 0.29) is 12.8 Å². The van der Waals surface area contributed by atoms with E-state index in [2.05, 4.69) is 27.3 Å². The maximum absolute atomic E-state index is 5.54. The molecule has 1 heterocycles. The van der Waals surface area contributed by atoms with Crippen LogP contribution in [0.1, 0.15) is 5.56 Å². The molecular weight excluding hydrogens is 232 g/mol. The highest BCUT2D eigenvalue weighted by atomic mass is 17.2. The van der Waals surface area contributed by atoms with Crippen LogP contribution in [0.5, 0.6) is 0 Å². The molecule has 0 spiro atoms. The van der Waals surface area contributed by atoms with Crippen LogP contribution in [0.3, 0.4) is 0 Å². The molecule has 98 valence electrons. The van der Waals surface area contributed by atoms with Crippen molar-refractivity contribution in [3.05, 3.63) is 35.9 Å². The maximum atomic E-state index is 5.54. The van der Waals surface area contributed by atoms with Crippen LogP contribution in [-0.4, -0.2) is 38.9 Å². The molecular formula is C13H18N2O3. The Morgan fingerprint density at radius 3 is 2.89 bits per heavy atom. The predicted octanol–water partition coefficient (Wildman–Crippen LogP) is 1.15. The Kier molecular flexibility index (Phi) is 5.14. The quantitative estimate of drug-likeness (QED) is 0.738. The van der Waals surface area contributed by atoms with E-state index in [0.717, 1.165) is 6.42 Å². The zero-order valence-corrected chi connectivity index (χ0v) is 10.5. The lowest BCUT2D eigenvalue weighted by Gasteiger charge is -2.16. The lowest BCUT2D eigenvalue weighted by atomic mass is 10.1. The number of nitrogens with zero attached hydrogens (tertiary/aromatic N) is 1. The fourth-order valence-corrected chi connectivity index (χ4v) is 1.72. The molecule has 2 rings (SSSR count). The maximum Gasteiger partial charge on any atom is 0.256 e. The van der Waals surface area contributed by atoms with E-state index in [1.165, 1.54) is 5.56 Å². The van der Waals surface area contributed by atoms with Gasteiger partial charge >= 0.3 is 0 Å². The average Bonchev–Trinajstić information content (AvgIpc) is 2.92. The molecule has 0 fully saturated rings. The second kappa shape index (κ2) is 7.10. The number of hydrogen-bond donors (Lipinski definition) is 1. The molecule has 0 aromatic heterocycles. The molecule has 1 aliphatic rings. The molecule has 0 bridgehead atoms. The van der Waals surface area contributed by atoms with Crippen LogP contribution in [0, 0.1) is 0 Å². The van der Waals surface area contributed by atoms with Gasteiger partial charge in [-0.1, -0.05) is 30.3 Å². The summed E-state index contributed by atoms with van der Waals surface area (Å²) < 4.78 is 5.54. The summed E-state index contributed by atoms with van der Waals surface area (Å²) in [6.07, 6.45) is 0.932. The largest absolute Gasteiger partial charge is 0.370 e. The smallest absolute Gasteiger partial charge is 0.256 e. The van der Waals surface area contributed by atoms with Crippen LogP contribution in [0.4, 0.5) is 0 Å². The van der Waals surface area contributed by atoms with E-state index in [0.29, 0.717) is 19.1 Å². The third-order valence-corrected chi connectivity index (χ3v) is 2.73. The summed E-state index contributed by atoms with van der Waals surface area (Å²) in [4.78, 5) is 13.4. The minimum absolute atomic E-state index is 0.262. The summed E-state index contributed by atoms with van der Waals surface area (Å²) >= 11 is 0. The van der Waals surface area contributed by atoms with Gasteiger partial charge in [0.05, 0.1) is 6.61 Å². The summed E-state index contributed by atoms with van der Waals surface area (Å²) in [5.74, 6) is 0.504. The van der Waals surface area contributed by atoms with Crippen molar-refractivity contribution in [3.63, 3.8) is 0 Å². The summed E-state index contributed by atoms with van der Waals surface area (Å²) in [7, 11) is 1.93. The van der Waals surface area contributed by atoms with Crippen LogP contribution in [0.2, 0.25) is 0 Å². The van der Waals surface area contributed by atoms with Crippen LogP contribution in [0.25, 0.3) is 0 Å². The van der Waals surface area contributed by atoms with Crippen molar-refractivity contribution in [3.8, 4) is 0 Å². The van der Waals surface area contributed by atoms with Crippen LogP contribution >= 0.6 is 0 Å². The van der Waals surface area contributed by atoms with Crippen molar-refractivity contribution < 1.29 is 14.5 Å². The van der Waals surface area contributed by atoms with E-state index < -0.39 is 0 Å². The summed E-state index contributed by atoms with van der Waals surface area (Å²) in [5, 5.41) is 3.24. The third-order valence-electron chi connectivity index (χ3n) is 2.73. The highest BCUT2D eigenvalue weighted by Crippen LogP contribution is 2.04. The average molecular weight is 250 g/mol. The molecule has 0 amide bonds. The van der Waals surface area contributed by atoms with Crippen LogP contribution in [0.15, 0.2) is 35.3 Å². The minimum Gasteiger partial charge on any atom is -0.370 e. The van der Waals surface area contributed by atoms with Gasteiger partial charge in [0.2, 0.25) is 0 Å². The highest BCUT2D eigenvalue weighted by molar-refractivity contribution is 5.77. The van der Waals surface area contributed by atoms with Gasteiger partial charge in [-0.3, -0.25) is 0 Å². The molecule has 1 aromatic rings. The van der Waals surface area contributed by atoms with Gasteiger partial charge in [0.1, 0.15) is 6.61 Å². The third kappa shape index (κ3) is 4.10. The Bertz CT molecular complexity index is 381. The molecule has 1 aromatic carbocycles. The molecule has 18 heavy (non-hydrogen) atoms. The molecule has 0 aliphatic carbocycles. The summed E-state index contributed by atoms with van der Waals surface area (Å²) in [5.41, 5.74) is 1.29. The van der Waals surface area contributed by atoms with Gasteiger partial charge in [-0.25, -0.2) is 4.99 Å². The number of aliphatic imine (C=N–C) groups is 1. The first-order chi connectivity index (χ1) is 8.88. The Hall–Kier alpha value is -1.43. The van der Waals surface area contributed by atoms with Gasteiger partial charge < -0.3 is 14.9 Å². The minimum atomic E-state index is 0.262. The van der Waals surface area contributed by atoms with Crippen molar-refractivity contribution in [2.24, 2.45) is 4.99 Å². The van der Waals surface area contributed by atoms with Crippen molar-refractivity contribution in [2.45, 2.75) is 12.5 Å². The van der Waals surface area contributed by atoms with E-state index in [4.69, 9.17) is 9.62 Å². The van der Waals surface area contributed by atoms with Crippen molar-refractivity contribution >= 4 is 5.90 Å². The van der Waals surface area contributed by atoms with Gasteiger partial charge in [-0.05, 0) is 19.0 Å². The highest BCUT2D eigenvalue weighted by Gasteiger charge is 2.11. The van der Waals surface area contributed by atoms with Crippen LogP contribution < -0.4 is 5.32 Å². The zero-order valence-electron chi connectivity index (χ0n) is 10.5. The molecule has 0 saturated carbocycles. The molecule has 0 saturated heterocycles. The van der Waals surface area contributed by atoms with Gasteiger partial charge in [-0.2, -0.15) is 4.89 Å². The van der Waals surface area contributed by atoms with E-state index in [1.807, 2.05) is 25.2 Å². The normalized spacial score (nSPS) is 16.2. The number of likely N-dealkylation sites (N-methyl/N-ethyl adjacent to an activating group) is 1. The summed E-state index contributed by atoms with van der Waals surface area (Å²) in [6, 6.07) is 10.6. The lowest BCUT2D eigenvalue weighted by molar-refractivity contribution is -0.202. The number of nitrogens with one attached hydrogen (secondary N) is 1. The molecule has 5 nitrogen and oxygen atoms in total. The molecule has 0 unspecified atom stereocenters. The number of rotatable bonds is 7. The molecule has 1 atom stereocenters. The Labute approximate surface area is 107 Å². The zero-order chi connectivity index (χ0) is 12.6. The first kappa shape index (κ1) is 13.0. The van der Waals surface area contributed by atoms with E-state index in [1.54, 1.807) is 0 Å². The number of benzene rings is 1. The second-order valence-electron chi connectivity index (χ2n) is 4.07.